The SMILES string of the molecule is C=NS(=O)(=O)c1cn(C)c(C(=O)Nc2ccc(F)c(C#N)c2)c1OCC[C@H](O)C#CC1CC1. The summed E-state index contributed by atoms with van der Waals surface area (Å²) in [6, 6.07) is 5.11. The number of aliphatic hydroxyl groups is 1. The van der Waals surface area contributed by atoms with Crippen LogP contribution < -0.4 is 10.1 Å². The summed E-state index contributed by atoms with van der Waals surface area (Å²) in [4.78, 5) is 12.6. The summed E-state index contributed by atoms with van der Waals surface area (Å²) in [5.74, 6) is 4.18. The number of nitriles is 1. The average Bonchev–Trinajstić information content (AvgIpc) is 3.55. The molecule has 1 aromatic heterocycles. The molecule has 0 aliphatic heterocycles. The number of aryl methyl sites for hydroxylation is 1. The predicted octanol–water partition coefficient (Wildman–Crippen LogP) is 2.22. The number of nitrogens with zero attached hydrogens (tertiary/aromatic N) is 3. The van der Waals surface area contributed by atoms with Crippen molar-refractivity contribution in [1.82, 2.24) is 4.57 Å². The standard InChI is InChI=1S/C22H21FN4O5S/c1-25-33(30,31)19-13-27(2)20(21(19)32-10-9-17(28)7-5-14-3-4-14)22(29)26-16-6-8-18(23)15(11-16)12-24/h6,8,11,13-14,17,28H,1,3-4,9-10H2,2H3,(H,26,29)/t17-/m1/s1. The maximum Gasteiger partial charge on any atom is 0.286 e. The zero-order valence-corrected chi connectivity index (χ0v) is 18.5. The lowest BCUT2D eigenvalue weighted by Gasteiger charge is -2.12. The summed E-state index contributed by atoms with van der Waals surface area (Å²) in [5.41, 5.74) is -0.294. The lowest BCUT2D eigenvalue weighted by molar-refractivity contribution is 0.101. The first-order valence-corrected chi connectivity index (χ1v) is 11.4. The Kier molecular flexibility index (Phi) is 7.16. The first kappa shape index (κ1) is 24.0. The van der Waals surface area contributed by atoms with Crippen molar-refractivity contribution in [3.8, 4) is 23.7 Å². The summed E-state index contributed by atoms with van der Waals surface area (Å²) < 4.78 is 48.3. The Hall–Kier alpha value is -3.67. The Balaban J connectivity index is 1.86. The van der Waals surface area contributed by atoms with E-state index in [1.54, 1.807) is 6.07 Å². The third-order valence-corrected chi connectivity index (χ3v) is 5.97. The van der Waals surface area contributed by atoms with Crippen LogP contribution >= 0.6 is 0 Å². The molecule has 1 aromatic carbocycles. The number of hydrogen-bond acceptors (Lipinski definition) is 6. The van der Waals surface area contributed by atoms with Crippen LogP contribution in [0.25, 0.3) is 0 Å². The average molecular weight is 472 g/mol. The topological polar surface area (TPSA) is 134 Å². The van der Waals surface area contributed by atoms with Gasteiger partial charge in [-0.3, -0.25) is 4.79 Å². The second kappa shape index (κ2) is 9.86. The highest BCUT2D eigenvalue weighted by atomic mass is 32.2. The van der Waals surface area contributed by atoms with Crippen molar-refractivity contribution in [1.29, 1.82) is 5.26 Å². The maximum absolute atomic E-state index is 13.6. The highest BCUT2D eigenvalue weighted by molar-refractivity contribution is 7.90. The molecule has 0 saturated heterocycles. The van der Waals surface area contributed by atoms with Crippen LogP contribution in [0.5, 0.6) is 5.75 Å². The summed E-state index contributed by atoms with van der Waals surface area (Å²) >= 11 is 0. The van der Waals surface area contributed by atoms with Gasteiger partial charge in [-0.1, -0.05) is 11.8 Å². The Bertz CT molecular complexity index is 1300. The molecule has 1 aliphatic rings. The van der Waals surface area contributed by atoms with E-state index in [0.717, 1.165) is 31.2 Å². The number of ether oxygens (including phenoxy) is 1. The monoisotopic (exact) mass is 472 g/mol. The zero-order chi connectivity index (χ0) is 24.2. The van der Waals surface area contributed by atoms with E-state index >= 15 is 0 Å². The van der Waals surface area contributed by atoms with Gasteiger partial charge in [-0.2, -0.15) is 18.1 Å². The fourth-order valence-corrected chi connectivity index (χ4v) is 3.72. The molecular weight excluding hydrogens is 451 g/mol. The normalized spacial score (nSPS) is 13.9. The van der Waals surface area contributed by atoms with Crippen molar-refractivity contribution in [2.75, 3.05) is 11.9 Å². The zero-order valence-electron chi connectivity index (χ0n) is 17.7. The molecule has 3 rings (SSSR count). The van der Waals surface area contributed by atoms with Gasteiger partial charge in [-0.15, -0.1) is 0 Å². The molecule has 1 atom stereocenters. The molecule has 1 amide bonds. The van der Waals surface area contributed by atoms with Crippen LogP contribution in [0.3, 0.4) is 0 Å². The molecule has 33 heavy (non-hydrogen) atoms. The van der Waals surface area contributed by atoms with Crippen LogP contribution in [-0.4, -0.2) is 43.4 Å². The molecule has 2 N–H and O–H groups in total. The van der Waals surface area contributed by atoms with E-state index in [1.807, 2.05) is 0 Å². The summed E-state index contributed by atoms with van der Waals surface area (Å²) in [5, 5.41) is 21.5. The van der Waals surface area contributed by atoms with Crippen LogP contribution in [0.1, 0.15) is 35.3 Å². The molecule has 1 saturated carbocycles. The minimum Gasteiger partial charge on any atom is -0.490 e. The lowest BCUT2D eigenvalue weighted by Crippen LogP contribution is -2.18. The molecule has 172 valence electrons. The largest absolute Gasteiger partial charge is 0.490 e. The molecular formula is C22H21FN4O5S. The van der Waals surface area contributed by atoms with Crippen molar-refractivity contribution in [3.63, 3.8) is 0 Å². The number of carbonyl (C=O) groups is 1. The van der Waals surface area contributed by atoms with E-state index in [2.05, 4.69) is 28.3 Å². The smallest absolute Gasteiger partial charge is 0.286 e. The summed E-state index contributed by atoms with van der Waals surface area (Å²) in [6.07, 6.45) is 2.30. The van der Waals surface area contributed by atoms with Crippen molar-refractivity contribution >= 4 is 28.3 Å². The number of amides is 1. The number of aromatic nitrogens is 1. The Morgan fingerprint density at radius 3 is 2.85 bits per heavy atom. The number of carbonyl (C=O) groups excluding carboxylic acids is 1. The van der Waals surface area contributed by atoms with Gasteiger partial charge in [0.15, 0.2) is 11.4 Å². The molecule has 1 fully saturated rings. The number of halogens is 1. The maximum atomic E-state index is 13.6. The molecule has 0 radical (unpaired) electrons. The lowest BCUT2D eigenvalue weighted by atomic mass is 10.2. The van der Waals surface area contributed by atoms with Gasteiger partial charge in [0, 0.05) is 38.0 Å². The molecule has 2 aromatic rings. The van der Waals surface area contributed by atoms with Gasteiger partial charge in [0.2, 0.25) is 0 Å². The van der Waals surface area contributed by atoms with Crippen LogP contribution in [0.4, 0.5) is 10.1 Å². The number of rotatable bonds is 8. The molecule has 0 spiro atoms. The van der Waals surface area contributed by atoms with Crippen molar-refractivity contribution in [3.05, 3.63) is 41.5 Å². The molecule has 9 nitrogen and oxygen atoms in total. The van der Waals surface area contributed by atoms with Gasteiger partial charge in [0.05, 0.1) is 12.2 Å². The quantitative estimate of drug-likeness (QED) is 0.447. The number of aliphatic hydroxyl groups excluding tert-OH is 1. The van der Waals surface area contributed by atoms with Gasteiger partial charge in [0.1, 0.15) is 22.9 Å². The fourth-order valence-electron chi connectivity index (χ4n) is 2.90. The van der Waals surface area contributed by atoms with Crippen molar-refractivity contribution < 1.29 is 27.4 Å². The van der Waals surface area contributed by atoms with E-state index in [9.17, 15) is 22.7 Å². The molecule has 0 unspecified atom stereocenters. The molecule has 0 bridgehead atoms. The van der Waals surface area contributed by atoms with E-state index in [1.165, 1.54) is 17.7 Å². The minimum absolute atomic E-state index is 0.0835. The molecule has 11 heteroatoms. The van der Waals surface area contributed by atoms with E-state index in [4.69, 9.17) is 10.00 Å². The second-order valence-corrected chi connectivity index (χ2v) is 9.01. The van der Waals surface area contributed by atoms with E-state index in [0.29, 0.717) is 5.92 Å². The predicted molar refractivity (Wildman–Crippen MR) is 118 cm³/mol. The summed E-state index contributed by atoms with van der Waals surface area (Å²) in [7, 11) is -2.78. The third kappa shape index (κ3) is 5.77. The summed E-state index contributed by atoms with van der Waals surface area (Å²) in [6.45, 7) is 2.93. The molecule has 1 heterocycles. The van der Waals surface area contributed by atoms with Gasteiger partial charge in [-0.25, -0.2) is 4.39 Å². The van der Waals surface area contributed by atoms with E-state index < -0.39 is 27.9 Å². The first-order valence-electron chi connectivity index (χ1n) is 9.91. The number of benzene rings is 1. The highest BCUT2D eigenvalue weighted by Crippen LogP contribution is 2.32. The number of anilines is 1. The van der Waals surface area contributed by atoms with Gasteiger partial charge in [-0.05, 0) is 31.0 Å². The van der Waals surface area contributed by atoms with E-state index in [-0.39, 0.29) is 40.6 Å². The fraction of sp³-hybridized carbons (Fsp3) is 0.318. The highest BCUT2D eigenvalue weighted by Gasteiger charge is 2.29. The second-order valence-electron chi connectivity index (χ2n) is 7.36. The van der Waals surface area contributed by atoms with Crippen molar-refractivity contribution in [2.24, 2.45) is 17.4 Å². The minimum atomic E-state index is -4.21. The van der Waals surface area contributed by atoms with Gasteiger partial charge < -0.3 is 19.7 Å². The van der Waals surface area contributed by atoms with Crippen LogP contribution in [0, 0.1) is 34.9 Å². The Morgan fingerprint density at radius 1 is 1.48 bits per heavy atom. The molecule has 1 aliphatic carbocycles. The van der Waals surface area contributed by atoms with Gasteiger partial charge >= 0.3 is 0 Å². The number of hydrogen-bond donors (Lipinski definition) is 2. The first-order chi connectivity index (χ1) is 15.7. The van der Waals surface area contributed by atoms with Crippen LogP contribution in [0.15, 0.2) is 33.7 Å². The van der Waals surface area contributed by atoms with Crippen LogP contribution in [0.2, 0.25) is 0 Å². The number of nitrogens with one attached hydrogen (secondary N) is 1. The Labute approximate surface area is 190 Å². The van der Waals surface area contributed by atoms with Crippen LogP contribution in [-0.2, 0) is 17.1 Å². The third-order valence-electron chi connectivity index (χ3n) is 4.78. The van der Waals surface area contributed by atoms with Crippen molar-refractivity contribution in [2.45, 2.75) is 30.3 Å². The van der Waals surface area contributed by atoms with Gasteiger partial charge in [0.25, 0.3) is 15.9 Å². The Morgan fingerprint density at radius 2 is 2.21 bits per heavy atom. The number of sulfonamides is 1.